The van der Waals surface area contributed by atoms with Crippen molar-refractivity contribution < 1.29 is 0 Å². The predicted molar refractivity (Wildman–Crippen MR) is 63.5 cm³/mol. The Kier molecular flexibility index (Phi) is 4.94. The Labute approximate surface area is 89.7 Å². The van der Waals surface area contributed by atoms with Crippen LogP contribution in [0.1, 0.15) is 59.8 Å². The summed E-state index contributed by atoms with van der Waals surface area (Å²) in [6, 6.07) is 1.60. The molecule has 0 radical (unpaired) electrons. The van der Waals surface area contributed by atoms with E-state index < -0.39 is 0 Å². The number of hydrogen-bond donors (Lipinski definition) is 1. The third-order valence-electron chi connectivity index (χ3n) is 3.09. The van der Waals surface area contributed by atoms with Crippen LogP contribution in [0.4, 0.5) is 0 Å². The molecule has 1 nitrogen and oxygen atoms in total. The molecule has 0 bridgehead atoms. The van der Waals surface area contributed by atoms with Crippen molar-refractivity contribution in [2.75, 3.05) is 0 Å². The monoisotopic (exact) mass is 197 g/mol. The molecule has 0 aromatic carbocycles. The van der Waals surface area contributed by atoms with E-state index in [-0.39, 0.29) is 0 Å². The third kappa shape index (κ3) is 4.45. The van der Waals surface area contributed by atoms with Crippen molar-refractivity contribution >= 4 is 0 Å². The van der Waals surface area contributed by atoms with Crippen molar-refractivity contribution in [3.05, 3.63) is 0 Å². The standard InChI is InChI=1S/C13H27N/c1-10(2)8-12-6-5-7-13(14-12)9-11(3)4/h10-14H,5-9H2,1-4H3/t12-,13-/m0/s1. The van der Waals surface area contributed by atoms with Gasteiger partial charge in [0.05, 0.1) is 0 Å². The molecule has 1 saturated heterocycles. The van der Waals surface area contributed by atoms with Gasteiger partial charge in [0.1, 0.15) is 0 Å². The van der Waals surface area contributed by atoms with Gasteiger partial charge in [-0.2, -0.15) is 0 Å². The molecule has 0 unspecified atom stereocenters. The summed E-state index contributed by atoms with van der Waals surface area (Å²) in [7, 11) is 0. The van der Waals surface area contributed by atoms with Crippen LogP contribution in [0.25, 0.3) is 0 Å². The van der Waals surface area contributed by atoms with Crippen molar-refractivity contribution in [1.29, 1.82) is 0 Å². The summed E-state index contributed by atoms with van der Waals surface area (Å²) in [5.41, 5.74) is 0. The van der Waals surface area contributed by atoms with Gasteiger partial charge >= 0.3 is 0 Å². The molecule has 1 rings (SSSR count). The second kappa shape index (κ2) is 5.75. The predicted octanol–water partition coefficient (Wildman–Crippen LogP) is 3.59. The van der Waals surface area contributed by atoms with Crippen LogP contribution >= 0.6 is 0 Å². The van der Waals surface area contributed by atoms with Crippen molar-refractivity contribution in [2.24, 2.45) is 11.8 Å². The molecule has 84 valence electrons. The Morgan fingerprint density at radius 2 is 1.36 bits per heavy atom. The first kappa shape index (κ1) is 12.0. The summed E-state index contributed by atoms with van der Waals surface area (Å²) in [5.74, 6) is 1.68. The van der Waals surface area contributed by atoms with Gasteiger partial charge in [-0.05, 0) is 37.5 Å². The van der Waals surface area contributed by atoms with Crippen LogP contribution < -0.4 is 5.32 Å². The maximum absolute atomic E-state index is 3.82. The highest BCUT2D eigenvalue weighted by Gasteiger charge is 2.21. The zero-order valence-corrected chi connectivity index (χ0v) is 10.3. The van der Waals surface area contributed by atoms with E-state index in [2.05, 4.69) is 33.0 Å². The number of piperidine rings is 1. The maximum Gasteiger partial charge on any atom is 0.00721 e. The van der Waals surface area contributed by atoms with Gasteiger partial charge in [0, 0.05) is 12.1 Å². The van der Waals surface area contributed by atoms with Gasteiger partial charge in [0.25, 0.3) is 0 Å². The SMILES string of the molecule is CC(C)C[C@@H]1CCC[C@@H](CC(C)C)N1. The molecular weight excluding hydrogens is 170 g/mol. The second-order valence-electron chi connectivity index (χ2n) is 5.75. The fourth-order valence-corrected chi connectivity index (χ4v) is 2.62. The molecule has 1 aliphatic rings. The van der Waals surface area contributed by atoms with E-state index in [1.807, 2.05) is 0 Å². The van der Waals surface area contributed by atoms with Gasteiger partial charge in [0.2, 0.25) is 0 Å². The minimum atomic E-state index is 0.799. The lowest BCUT2D eigenvalue weighted by Gasteiger charge is -2.33. The summed E-state index contributed by atoms with van der Waals surface area (Å²) in [6.45, 7) is 9.31. The molecule has 0 amide bonds. The van der Waals surface area contributed by atoms with Gasteiger partial charge < -0.3 is 5.32 Å². The Hall–Kier alpha value is -0.0400. The minimum absolute atomic E-state index is 0.799. The van der Waals surface area contributed by atoms with Crippen LogP contribution in [0.3, 0.4) is 0 Å². The normalized spacial score (nSPS) is 28.7. The van der Waals surface area contributed by atoms with Crippen molar-refractivity contribution in [3.63, 3.8) is 0 Å². The molecule has 1 aliphatic heterocycles. The fourth-order valence-electron chi connectivity index (χ4n) is 2.62. The van der Waals surface area contributed by atoms with Crippen LogP contribution in [0.15, 0.2) is 0 Å². The maximum atomic E-state index is 3.82. The average molecular weight is 197 g/mol. The van der Waals surface area contributed by atoms with Gasteiger partial charge in [0.15, 0.2) is 0 Å². The Morgan fingerprint density at radius 3 is 1.71 bits per heavy atom. The average Bonchev–Trinajstić information content (AvgIpc) is 2.01. The third-order valence-corrected chi connectivity index (χ3v) is 3.09. The molecule has 0 aromatic heterocycles. The Morgan fingerprint density at radius 1 is 0.929 bits per heavy atom. The van der Waals surface area contributed by atoms with E-state index in [1.165, 1.54) is 32.1 Å². The van der Waals surface area contributed by atoms with Crippen LogP contribution in [0, 0.1) is 11.8 Å². The van der Waals surface area contributed by atoms with Gasteiger partial charge in [-0.15, -0.1) is 0 Å². The topological polar surface area (TPSA) is 12.0 Å². The molecular formula is C13H27N. The van der Waals surface area contributed by atoms with Gasteiger partial charge in [-0.25, -0.2) is 0 Å². The largest absolute Gasteiger partial charge is 0.311 e. The minimum Gasteiger partial charge on any atom is -0.311 e. The molecule has 1 N–H and O–H groups in total. The summed E-state index contributed by atoms with van der Waals surface area (Å²) < 4.78 is 0. The first-order valence-corrected chi connectivity index (χ1v) is 6.34. The van der Waals surface area contributed by atoms with E-state index in [1.54, 1.807) is 0 Å². The molecule has 2 atom stereocenters. The molecule has 0 saturated carbocycles. The Bertz CT molecular complexity index is 135. The van der Waals surface area contributed by atoms with Crippen LogP contribution in [-0.4, -0.2) is 12.1 Å². The summed E-state index contributed by atoms with van der Waals surface area (Å²) >= 11 is 0. The molecule has 0 aromatic rings. The van der Waals surface area contributed by atoms with Crippen LogP contribution in [-0.2, 0) is 0 Å². The van der Waals surface area contributed by atoms with E-state index in [9.17, 15) is 0 Å². The second-order valence-corrected chi connectivity index (χ2v) is 5.75. The quantitative estimate of drug-likeness (QED) is 0.726. The van der Waals surface area contributed by atoms with Crippen molar-refractivity contribution in [1.82, 2.24) is 5.32 Å². The van der Waals surface area contributed by atoms with E-state index in [0.717, 1.165) is 23.9 Å². The number of hydrogen-bond acceptors (Lipinski definition) is 1. The highest BCUT2D eigenvalue weighted by atomic mass is 15.0. The fraction of sp³-hybridized carbons (Fsp3) is 1.00. The summed E-state index contributed by atoms with van der Waals surface area (Å²) in [6.07, 6.45) is 6.94. The van der Waals surface area contributed by atoms with Crippen LogP contribution in [0.5, 0.6) is 0 Å². The lowest BCUT2D eigenvalue weighted by Crippen LogP contribution is -2.43. The molecule has 14 heavy (non-hydrogen) atoms. The lowest BCUT2D eigenvalue weighted by atomic mass is 9.89. The first-order valence-electron chi connectivity index (χ1n) is 6.34. The van der Waals surface area contributed by atoms with E-state index in [4.69, 9.17) is 0 Å². The zero-order chi connectivity index (χ0) is 10.6. The zero-order valence-electron chi connectivity index (χ0n) is 10.3. The van der Waals surface area contributed by atoms with Gasteiger partial charge in [-0.1, -0.05) is 34.1 Å². The molecule has 1 fully saturated rings. The summed E-state index contributed by atoms with van der Waals surface area (Å²) in [4.78, 5) is 0. The molecule has 1 heterocycles. The van der Waals surface area contributed by atoms with E-state index >= 15 is 0 Å². The number of nitrogens with one attached hydrogen (secondary N) is 1. The smallest absolute Gasteiger partial charge is 0.00721 e. The van der Waals surface area contributed by atoms with E-state index in [0.29, 0.717) is 0 Å². The van der Waals surface area contributed by atoms with Crippen molar-refractivity contribution in [2.45, 2.75) is 71.9 Å². The molecule has 1 heteroatoms. The molecule has 0 aliphatic carbocycles. The van der Waals surface area contributed by atoms with Gasteiger partial charge in [-0.3, -0.25) is 0 Å². The van der Waals surface area contributed by atoms with Crippen molar-refractivity contribution in [3.8, 4) is 0 Å². The first-order chi connectivity index (χ1) is 6.58. The lowest BCUT2D eigenvalue weighted by molar-refractivity contribution is 0.262. The molecule has 0 spiro atoms. The number of rotatable bonds is 4. The van der Waals surface area contributed by atoms with Crippen LogP contribution in [0.2, 0.25) is 0 Å². The Balaban J connectivity index is 2.28. The highest BCUT2D eigenvalue weighted by Crippen LogP contribution is 2.21. The summed E-state index contributed by atoms with van der Waals surface area (Å²) in [5, 5.41) is 3.82. The highest BCUT2D eigenvalue weighted by molar-refractivity contribution is 4.81.